The highest BCUT2D eigenvalue weighted by Gasteiger charge is 2.36. The van der Waals surface area contributed by atoms with Gasteiger partial charge in [-0.2, -0.15) is 13.2 Å². The molecule has 0 spiro atoms. The molecule has 2 N–H and O–H groups in total. The van der Waals surface area contributed by atoms with E-state index in [0.29, 0.717) is 5.56 Å². The van der Waals surface area contributed by atoms with E-state index >= 15 is 0 Å². The summed E-state index contributed by atoms with van der Waals surface area (Å²) in [6.45, 7) is -0.0392. The third-order valence-electron chi connectivity index (χ3n) is 5.35. The van der Waals surface area contributed by atoms with Crippen LogP contribution in [0.25, 0.3) is 11.1 Å². The van der Waals surface area contributed by atoms with Gasteiger partial charge < -0.3 is 20.1 Å². The number of nitrogens with zero attached hydrogens (tertiary/aromatic N) is 1. The van der Waals surface area contributed by atoms with Gasteiger partial charge in [0.15, 0.2) is 0 Å². The Bertz CT molecular complexity index is 1020. The fourth-order valence-corrected chi connectivity index (χ4v) is 3.50. The van der Waals surface area contributed by atoms with E-state index in [2.05, 4.69) is 5.32 Å². The molecule has 2 aromatic carbocycles. The lowest BCUT2D eigenvalue weighted by Crippen LogP contribution is -2.42. The van der Waals surface area contributed by atoms with Gasteiger partial charge in [-0.05, 0) is 47.9 Å². The molecule has 1 heterocycles. The summed E-state index contributed by atoms with van der Waals surface area (Å²) < 4.78 is 72.2. The van der Waals surface area contributed by atoms with E-state index in [0.717, 1.165) is 12.1 Å². The topological polar surface area (TPSA) is 78.9 Å². The number of halogens is 5. The number of nitrogens with one attached hydrogen (secondary N) is 1. The molecule has 1 aliphatic heterocycles. The minimum atomic E-state index is -4.62. The van der Waals surface area contributed by atoms with Crippen molar-refractivity contribution in [1.29, 1.82) is 0 Å². The minimum absolute atomic E-state index is 0.00332. The predicted molar refractivity (Wildman–Crippen MR) is 113 cm³/mol. The first-order chi connectivity index (χ1) is 15.9. The maximum absolute atomic E-state index is 13.4. The van der Waals surface area contributed by atoms with Gasteiger partial charge in [-0.25, -0.2) is 13.6 Å². The van der Waals surface area contributed by atoms with Gasteiger partial charge in [-0.1, -0.05) is 12.1 Å². The van der Waals surface area contributed by atoms with Crippen molar-refractivity contribution in [1.82, 2.24) is 10.2 Å². The van der Waals surface area contributed by atoms with Crippen LogP contribution >= 0.6 is 0 Å². The lowest BCUT2D eigenvalue weighted by molar-refractivity contribution is -0.137. The quantitative estimate of drug-likeness (QED) is 0.412. The molecule has 0 bridgehead atoms. The van der Waals surface area contributed by atoms with Crippen LogP contribution in [0.5, 0.6) is 5.75 Å². The Morgan fingerprint density at radius 2 is 1.68 bits per heavy atom. The molecule has 34 heavy (non-hydrogen) atoms. The molecule has 2 amide bonds. The van der Waals surface area contributed by atoms with Gasteiger partial charge in [0.25, 0.3) is 11.8 Å². The highest BCUT2D eigenvalue weighted by atomic mass is 19.4. The number of likely N-dealkylation sites (tertiary alicyclic amines) is 1. The zero-order valence-corrected chi connectivity index (χ0v) is 18.0. The molecule has 0 aliphatic carbocycles. The van der Waals surface area contributed by atoms with Crippen LogP contribution in [0.3, 0.4) is 0 Å². The third kappa shape index (κ3) is 6.82. The number of amides is 2. The van der Waals surface area contributed by atoms with E-state index in [4.69, 9.17) is 9.84 Å². The molecule has 0 atom stereocenters. The third-order valence-corrected chi connectivity index (χ3v) is 5.35. The number of hydrogen-bond donors (Lipinski definition) is 2. The maximum Gasteiger partial charge on any atom is 0.416 e. The zero-order valence-electron chi connectivity index (χ0n) is 18.0. The molecule has 6 nitrogen and oxygen atoms in total. The largest absolute Gasteiger partial charge is 0.493 e. The number of carboxylic acid groups (broad SMARTS) is 1. The molecule has 2 aromatic rings. The number of ether oxygens (including phenoxy) is 1. The van der Waals surface area contributed by atoms with Gasteiger partial charge in [-0.3, -0.25) is 4.79 Å². The van der Waals surface area contributed by atoms with Crippen molar-refractivity contribution in [2.75, 3.05) is 26.2 Å². The van der Waals surface area contributed by atoms with Crippen molar-refractivity contribution >= 4 is 12.0 Å². The number of carbonyl (C=O) groups is 2. The number of carbonyl (C=O) groups excluding carboxylic acids is 1. The predicted octanol–water partition coefficient (Wildman–Crippen LogP) is 5.28. The molecule has 0 aromatic heterocycles. The van der Waals surface area contributed by atoms with E-state index in [9.17, 15) is 31.5 Å². The molecule has 1 aliphatic rings. The fourth-order valence-electron chi connectivity index (χ4n) is 3.50. The summed E-state index contributed by atoms with van der Waals surface area (Å²) in [5, 5.41) is 10.7. The fraction of sp³-hybridized carbons (Fsp3) is 0.391. The molecule has 3 rings (SSSR count). The molecule has 0 unspecified atom stereocenters. The highest BCUT2D eigenvalue weighted by Crippen LogP contribution is 2.36. The van der Waals surface area contributed by atoms with E-state index in [-0.39, 0.29) is 49.5 Å². The Kier molecular flexibility index (Phi) is 7.63. The van der Waals surface area contributed by atoms with Crippen LogP contribution in [0.4, 0.5) is 26.7 Å². The lowest BCUT2D eigenvalue weighted by Gasteiger charge is -2.31. The smallest absolute Gasteiger partial charge is 0.416 e. The van der Waals surface area contributed by atoms with Crippen molar-refractivity contribution < 1.29 is 41.4 Å². The Balaban J connectivity index is 1.74. The summed E-state index contributed by atoms with van der Waals surface area (Å²) in [5.74, 6) is -3.23. The normalized spacial score (nSPS) is 15.6. The molecule has 1 fully saturated rings. The van der Waals surface area contributed by atoms with Gasteiger partial charge >= 0.3 is 12.3 Å². The van der Waals surface area contributed by atoms with E-state index in [1.807, 2.05) is 0 Å². The standard InChI is InChI=1S/C23H23F5N2O4/c24-22(25)6-9-30(10-7-22)20(31)16-4-2-15(3-5-16)17-12-18(23(26,27)28)14-19(13-17)34-11-1-8-29-21(32)33/h2-5,12-14,29H,1,6-11H2,(H,32,33). The summed E-state index contributed by atoms with van der Waals surface area (Å²) in [5.41, 5.74) is -0.0447. The molecule has 1 saturated heterocycles. The van der Waals surface area contributed by atoms with Crippen LogP contribution in [0.1, 0.15) is 35.2 Å². The Hall–Kier alpha value is -3.37. The number of benzene rings is 2. The summed E-state index contributed by atoms with van der Waals surface area (Å²) in [7, 11) is 0. The zero-order chi connectivity index (χ0) is 24.9. The van der Waals surface area contributed by atoms with E-state index < -0.39 is 42.5 Å². The lowest BCUT2D eigenvalue weighted by atomic mass is 10.00. The number of hydrogen-bond acceptors (Lipinski definition) is 3. The first-order valence-corrected chi connectivity index (χ1v) is 10.5. The Morgan fingerprint density at radius 3 is 2.26 bits per heavy atom. The number of piperidine rings is 1. The molecular weight excluding hydrogens is 463 g/mol. The summed E-state index contributed by atoms with van der Waals surface area (Å²) in [6.07, 6.45) is -6.38. The van der Waals surface area contributed by atoms with Gasteiger partial charge in [-0.15, -0.1) is 0 Å². The van der Waals surface area contributed by atoms with Crippen LogP contribution in [-0.2, 0) is 6.18 Å². The van der Waals surface area contributed by atoms with Crippen LogP contribution < -0.4 is 10.1 Å². The minimum Gasteiger partial charge on any atom is -0.493 e. The summed E-state index contributed by atoms with van der Waals surface area (Å²) in [6, 6.07) is 9.11. The Labute approximate surface area is 192 Å². The number of rotatable bonds is 7. The first-order valence-electron chi connectivity index (χ1n) is 10.5. The van der Waals surface area contributed by atoms with Crippen LogP contribution in [0, 0.1) is 0 Å². The summed E-state index contributed by atoms with van der Waals surface area (Å²) in [4.78, 5) is 24.4. The van der Waals surface area contributed by atoms with Crippen molar-refractivity contribution in [3.05, 3.63) is 53.6 Å². The highest BCUT2D eigenvalue weighted by molar-refractivity contribution is 5.94. The SMILES string of the molecule is O=C(O)NCCCOc1cc(-c2ccc(C(=O)N3CCC(F)(F)CC3)cc2)cc(C(F)(F)F)c1. The second-order valence-electron chi connectivity index (χ2n) is 7.90. The van der Waals surface area contributed by atoms with Gasteiger partial charge in [0, 0.05) is 38.0 Å². The second kappa shape index (κ2) is 10.3. The molecule has 0 saturated carbocycles. The van der Waals surface area contributed by atoms with Crippen LogP contribution in [0.15, 0.2) is 42.5 Å². The number of alkyl halides is 5. The monoisotopic (exact) mass is 486 g/mol. The molecule has 11 heteroatoms. The van der Waals surface area contributed by atoms with E-state index in [1.165, 1.54) is 35.2 Å². The van der Waals surface area contributed by atoms with E-state index in [1.54, 1.807) is 0 Å². The molecular formula is C23H23F5N2O4. The average Bonchev–Trinajstić information content (AvgIpc) is 2.77. The first kappa shape index (κ1) is 25.3. The second-order valence-corrected chi connectivity index (χ2v) is 7.90. The summed E-state index contributed by atoms with van der Waals surface area (Å²) >= 11 is 0. The van der Waals surface area contributed by atoms with Gasteiger partial charge in [0.05, 0.1) is 12.2 Å². The van der Waals surface area contributed by atoms with Crippen molar-refractivity contribution in [3.63, 3.8) is 0 Å². The van der Waals surface area contributed by atoms with Gasteiger partial charge in [0.2, 0.25) is 0 Å². The van der Waals surface area contributed by atoms with Crippen molar-refractivity contribution in [2.24, 2.45) is 0 Å². The van der Waals surface area contributed by atoms with Gasteiger partial charge in [0.1, 0.15) is 5.75 Å². The van der Waals surface area contributed by atoms with Crippen molar-refractivity contribution in [3.8, 4) is 16.9 Å². The molecule has 0 radical (unpaired) electrons. The van der Waals surface area contributed by atoms with Crippen LogP contribution in [-0.4, -0.2) is 54.2 Å². The van der Waals surface area contributed by atoms with Crippen LogP contribution in [0.2, 0.25) is 0 Å². The average molecular weight is 486 g/mol. The molecule has 184 valence electrons. The Morgan fingerprint density at radius 1 is 1.03 bits per heavy atom. The van der Waals surface area contributed by atoms with Crippen molar-refractivity contribution in [2.45, 2.75) is 31.4 Å². The maximum atomic E-state index is 13.4.